The first-order valence-electron chi connectivity index (χ1n) is 9.31. The van der Waals surface area contributed by atoms with Crippen molar-refractivity contribution in [1.82, 2.24) is 4.90 Å². The van der Waals surface area contributed by atoms with Crippen LogP contribution in [-0.2, 0) is 25.6 Å². The van der Waals surface area contributed by atoms with Crippen LogP contribution in [0, 0.1) is 0 Å². The number of halogens is 1. The van der Waals surface area contributed by atoms with Crippen molar-refractivity contribution in [3.05, 3.63) is 58.6 Å². The van der Waals surface area contributed by atoms with Gasteiger partial charge in [0, 0.05) is 29.8 Å². The molecule has 1 aliphatic heterocycles. The van der Waals surface area contributed by atoms with Gasteiger partial charge in [0.2, 0.25) is 0 Å². The smallest absolute Gasteiger partial charge is 0.344 e. The fraction of sp³-hybridized carbons (Fsp3) is 0.333. The van der Waals surface area contributed by atoms with Crippen molar-refractivity contribution < 1.29 is 23.8 Å². The molecule has 0 atom stereocenters. The molecule has 0 radical (unpaired) electrons. The van der Waals surface area contributed by atoms with Gasteiger partial charge in [-0.3, -0.25) is 9.69 Å². The number of rotatable bonds is 8. The minimum atomic E-state index is -0.607. The van der Waals surface area contributed by atoms with Gasteiger partial charge in [0.15, 0.2) is 13.2 Å². The van der Waals surface area contributed by atoms with Crippen LogP contribution < -0.4 is 10.1 Å². The van der Waals surface area contributed by atoms with Gasteiger partial charge in [-0.25, -0.2) is 4.79 Å². The Morgan fingerprint density at radius 2 is 1.69 bits per heavy atom. The van der Waals surface area contributed by atoms with E-state index in [1.807, 2.05) is 24.3 Å². The molecule has 0 unspecified atom stereocenters. The molecule has 0 aromatic heterocycles. The Kier molecular flexibility index (Phi) is 8.03. The SMILES string of the molecule is O=C(COC(=O)COc1ccc(Br)cc1)Nc1ccc(CN2CCOCC2)cc1. The maximum Gasteiger partial charge on any atom is 0.344 e. The molecule has 3 rings (SSSR count). The summed E-state index contributed by atoms with van der Waals surface area (Å²) in [5.74, 6) is -0.460. The predicted molar refractivity (Wildman–Crippen MR) is 112 cm³/mol. The van der Waals surface area contributed by atoms with Crippen LogP contribution in [0.4, 0.5) is 5.69 Å². The van der Waals surface area contributed by atoms with Gasteiger partial charge in [-0.05, 0) is 42.0 Å². The van der Waals surface area contributed by atoms with Crippen LogP contribution in [0.2, 0.25) is 0 Å². The first kappa shape index (κ1) is 21.3. The van der Waals surface area contributed by atoms with Gasteiger partial charge in [0.25, 0.3) is 5.91 Å². The lowest BCUT2D eigenvalue weighted by atomic mass is 10.2. The Morgan fingerprint density at radius 3 is 2.38 bits per heavy atom. The third-order valence-electron chi connectivity index (χ3n) is 4.28. The third-order valence-corrected chi connectivity index (χ3v) is 4.81. The number of hydrogen-bond donors (Lipinski definition) is 1. The Morgan fingerprint density at radius 1 is 1.00 bits per heavy atom. The quantitative estimate of drug-likeness (QED) is 0.607. The summed E-state index contributed by atoms with van der Waals surface area (Å²) >= 11 is 3.32. The number of anilines is 1. The highest BCUT2D eigenvalue weighted by molar-refractivity contribution is 9.10. The number of ether oxygens (including phenoxy) is 3. The van der Waals surface area contributed by atoms with Crippen molar-refractivity contribution in [3.8, 4) is 5.75 Å². The summed E-state index contributed by atoms with van der Waals surface area (Å²) in [5.41, 5.74) is 1.82. The van der Waals surface area contributed by atoms with E-state index in [4.69, 9.17) is 14.2 Å². The minimum absolute atomic E-state index is 0.259. The number of nitrogens with one attached hydrogen (secondary N) is 1. The molecule has 1 heterocycles. The lowest BCUT2D eigenvalue weighted by Gasteiger charge is -2.26. The molecular formula is C21H23BrN2O5. The van der Waals surface area contributed by atoms with Gasteiger partial charge in [0.1, 0.15) is 5.75 Å². The van der Waals surface area contributed by atoms with Crippen LogP contribution in [0.1, 0.15) is 5.56 Å². The fourth-order valence-electron chi connectivity index (χ4n) is 2.77. The van der Waals surface area contributed by atoms with Gasteiger partial charge in [-0.2, -0.15) is 0 Å². The number of carbonyl (C=O) groups excluding carboxylic acids is 2. The highest BCUT2D eigenvalue weighted by atomic mass is 79.9. The van der Waals surface area contributed by atoms with Gasteiger partial charge >= 0.3 is 5.97 Å². The second kappa shape index (κ2) is 10.9. The standard InChI is InChI=1S/C21H23BrN2O5/c22-17-3-7-19(8-4-17)28-15-21(26)29-14-20(25)23-18-5-1-16(2-6-18)13-24-9-11-27-12-10-24/h1-8H,9-15H2,(H,23,25). The summed E-state index contributed by atoms with van der Waals surface area (Å²) in [6, 6.07) is 14.7. The first-order valence-corrected chi connectivity index (χ1v) is 10.1. The molecule has 1 saturated heterocycles. The van der Waals surface area contributed by atoms with E-state index < -0.39 is 11.9 Å². The maximum absolute atomic E-state index is 12.0. The topological polar surface area (TPSA) is 77.1 Å². The highest BCUT2D eigenvalue weighted by Crippen LogP contribution is 2.16. The molecule has 29 heavy (non-hydrogen) atoms. The van der Waals surface area contributed by atoms with Crippen LogP contribution in [0.25, 0.3) is 0 Å². The van der Waals surface area contributed by atoms with E-state index in [0.717, 1.165) is 37.3 Å². The van der Waals surface area contributed by atoms with E-state index in [9.17, 15) is 9.59 Å². The zero-order valence-electron chi connectivity index (χ0n) is 15.9. The van der Waals surface area contributed by atoms with Crippen molar-refractivity contribution >= 4 is 33.5 Å². The predicted octanol–water partition coefficient (Wildman–Crippen LogP) is 2.84. The lowest BCUT2D eigenvalue weighted by Crippen LogP contribution is -2.35. The zero-order chi connectivity index (χ0) is 20.5. The third kappa shape index (κ3) is 7.49. The number of hydrogen-bond acceptors (Lipinski definition) is 6. The summed E-state index contributed by atoms with van der Waals surface area (Å²) < 4.78 is 16.5. The molecule has 2 aromatic rings. The molecule has 2 aromatic carbocycles. The van der Waals surface area contributed by atoms with E-state index in [0.29, 0.717) is 11.4 Å². The number of morpholine rings is 1. The Labute approximate surface area is 178 Å². The molecule has 1 amide bonds. The number of nitrogens with zero attached hydrogens (tertiary/aromatic N) is 1. The molecule has 7 nitrogen and oxygen atoms in total. The molecule has 1 aliphatic rings. The van der Waals surface area contributed by atoms with Crippen molar-refractivity contribution in [3.63, 3.8) is 0 Å². The normalized spacial score (nSPS) is 14.2. The molecule has 0 spiro atoms. The summed E-state index contributed by atoms with van der Waals surface area (Å²) in [5, 5.41) is 2.71. The maximum atomic E-state index is 12.0. The van der Waals surface area contributed by atoms with Gasteiger partial charge < -0.3 is 19.5 Å². The first-order chi connectivity index (χ1) is 14.1. The van der Waals surface area contributed by atoms with Crippen LogP contribution in [0.3, 0.4) is 0 Å². The van der Waals surface area contributed by atoms with E-state index in [2.05, 4.69) is 26.1 Å². The van der Waals surface area contributed by atoms with E-state index in [1.54, 1.807) is 24.3 Å². The van der Waals surface area contributed by atoms with Gasteiger partial charge in [0.05, 0.1) is 13.2 Å². The molecule has 1 N–H and O–H groups in total. The number of esters is 1. The number of amides is 1. The van der Waals surface area contributed by atoms with Crippen LogP contribution in [0.15, 0.2) is 53.0 Å². The van der Waals surface area contributed by atoms with E-state index in [-0.39, 0.29) is 13.2 Å². The Hall–Kier alpha value is -2.42. The minimum Gasteiger partial charge on any atom is -0.482 e. The van der Waals surface area contributed by atoms with Crippen molar-refractivity contribution in [2.24, 2.45) is 0 Å². The summed E-state index contributed by atoms with van der Waals surface area (Å²) in [6.45, 7) is 3.61. The van der Waals surface area contributed by atoms with Crippen molar-refractivity contribution in [1.29, 1.82) is 0 Å². The number of carbonyl (C=O) groups is 2. The van der Waals surface area contributed by atoms with Crippen LogP contribution >= 0.6 is 15.9 Å². The largest absolute Gasteiger partial charge is 0.482 e. The van der Waals surface area contributed by atoms with E-state index in [1.165, 1.54) is 5.56 Å². The van der Waals surface area contributed by atoms with Crippen LogP contribution in [0.5, 0.6) is 5.75 Å². The van der Waals surface area contributed by atoms with Gasteiger partial charge in [-0.15, -0.1) is 0 Å². The zero-order valence-corrected chi connectivity index (χ0v) is 17.5. The lowest BCUT2D eigenvalue weighted by molar-refractivity contribution is -0.149. The molecule has 1 fully saturated rings. The fourth-order valence-corrected chi connectivity index (χ4v) is 3.03. The average Bonchev–Trinajstić information content (AvgIpc) is 2.74. The number of benzene rings is 2. The van der Waals surface area contributed by atoms with Gasteiger partial charge in [-0.1, -0.05) is 28.1 Å². The second-order valence-corrected chi connectivity index (χ2v) is 7.45. The van der Waals surface area contributed by atoms with Crippen LogP contribution in [-0.4, -0.2) is 56.3 Å². The monoisotopic (exact) mass is 462 g/mol. The molecule has 0 aliphatic carbocycles. The molecule has 0 saturated carbocycles. The molecule has 0 bridgehead atoms. The Balaban J connectivity index is 1.36. The van der Waals surface area contributed by atoms with E-state index >= 15 is 0 Å². The Bertz CT molecular complexity index is 805. The summed E-state index contributed by atoms with van der Waals surface area (Å²) in [7, 11) is 0. The summed E-state index contributed by atoms with van der Waals surface area (Å²) in [6.07, 6.45) is 0. The average molecular weight is 463 g/mol. The summed E-state index contributed by atoms with van der Waals surface area (Å²) in [4.78, 5) is 26.0. The molecule has 154 valence electrons. The molecule has 8 heteroatoms. The highest BCUT2D eigenvalue weighted by Gasteiger charge is 2.11. The van der Waals surface area contributed by atoms with Crippen molar-refractivity contribution in [2.75, 3.05) is 44.8 Å². The molecular weight excluding hydrogens is 440 g/mol. The van der Waals surface area contributed by atoms with Crippen molar-refractivity contribution in [2.45, 2.75) is 6.54 Å². The second-order valence-electron chi connectivity index (χ2n) is 6.54.